The van der Waals surface area contributed by atoms with Crippen molar-refractivity contribution >= 4 is 5.95 Å². The molecule has 0 atom stereocenters. The molecule has 1 aromatic heterocycles. The number of fused-ring (bicyclic) bond motifs is 2. The Balaban J connectivity index is 0.000000229. The summed E-state index contributed by atoms with van der Waals surface area (Å²) < 4.78 is 1.54. The molecular formula is C20H23N5O. The summed E-state index contributed by atoms with van der Waals surface area (Å²) in [6.45, 7) is 3.99. The van der Waals surface area contributed by atoms with E-state index in [1.54, 1.807) is 4.57 Å². The molecule has 2 aliphatic carbocycles. The quantitative estimate of drug-likeness (QED) is 0.655. The number of nitrogens with one attached hydrogen (secondary N) is 1. The summed E-state index contributed by atoms with van der Waals surface area (Å²) in [5, 5.41) is 0. The maximum Gasteiger partial charge on any atom is 0.356 e. The lowest BCUT2D eigenvalue weighted by Gasteiger charge is -2.14. The third-order valence-corrected chi connectivity index (χ3v) is 4.38. The van der Waals surface area contributed by atoms with E-state index < -0.39 is 0 Å². The Morgan fingerprint density at radius 3 is 2.27 bits per heavy atom. The molecule has 1 heterocycles. The molecule has 2 bridgehead atoms. The van der Waals surface area contributed by atoms with Crippen molar-refractivity contribution in [2.45, 2.75) is 33.1 Å². The van der Waals surface area contributed by atoms with Gasteiger partial charge in [-0.15, -0.1) is 0 Å². The average Bonchev–Trinajstić information content (AvgIpc) is 3.33. The van der Waals surface area contributed by atoms with Crippen molar-refractivity contribution in [3.63, 3.8) is 0 Å². The molecule has 0 fully saturated rings. The molecule has 0 saturated carbocycles. The van der Waals surface area contributed by atoms with Crippen molar-refractivity contribution in [2.24, 2.45) is 5.84 Å². The van der Waals surface area contributed by atoms with Gasteiger partial charge in [0.05, 0.1) is 5.69 Å². The molecule has 0 aliphatic heterocycles. The summed E-state index contributed by atoms with van der Waals surface area (Å²) in [6, 6.07) is 7.75. The van der Waals surface area contributed by atoms with E-state index in [4.69, 9.17) is 5.84 Å². The van der Waals surface area contributed by atoms with Gasteiger partial charge >= 0.3 is 5.69 Å². The minimum Gasteiger partial charge on any atom is -0.292 e. The van der Waals surface area contributed by atoms with Crippen LogP contribution in [-0.2, 0) is 12.8 Å². The molecule has 1 aromatic carbocycles. The second-order valence-electron chi connectivity index (χ2n) is 6.05. The van der Waals surface area contributed by atoms with Gasteiger partial charge in [0.2, 0.25) is 5.95 Å². The number of rotatable bonds is 4. The molecule has 0 amide bonds. The molecule has 0 radical (unpaired) electrons. The van der Waals surface area contributed by atoms with E-state index >= 15 is 0 Å². The third kappa shape index (κ3) is 3.65. The third-order valence-electron chi connectivity index (χ3n) is 4.38. The molecule has 0 spiro atoms. The van der Waals surface area contributed by atoms with Crippen LogP contribution < -0.4 is 17.0 Å². The molecule has 4 rings (SSSR count). The van der Waals surface area contributed by atoms with Crippen LogP contribution in [-0.4, -0.2) is 14.5 Å². The van der Waals surface area contributed by atoms with Gasteiger partial charge in [0, 0.05) is 6.42 Å². The Hall–Kier alpha value is -2.99. The van der Waals surface area contributed by atoms with Crippen molar-refractivity contribution < 1.29 is 0 Å². The fourth-order valence-electron chi connectivity index (χ4n) is 3.03. The molecule has 0 unspecified atom stereocenters. The molecule has 3 N–H and O–H groups in total. The molecule has 2 aromatic rings. The number of hydrazine groups is 1. The fourth-order valence-corrected chi connectivity index (χ4v) is 3.03. The Labute approximate surface area is 152 Å². The van der Waals surface area contributed by atoms with Gasteiger partial charge in [-0.3, -0.25) is 5.43 Å². The number of allylic oxidation sites excluding steroid dienone is 6. The van der Waals surface area contributed by atoms with Crippen LogP contribution in [0.2, 0.25) is 0 Å². The number of para-hydroxylation sites is 1. The number of nitrogens with zero attached hydrogens (tertiary/aromatic N) is 3. The monoisotopic (exact) mass is 349 g/mol. The van der Waals surface area contributed by atoms with E-state index in [2.05, 4.69) is 39.7 Å². The zero-order valence-corrected chi connectivity index (χ0v) is 15.1. The predicted molar refractivity (Wildman–Crippen MR) is 104 cm³/mol. The Morgan fingerprint density at radius 1 is 1.08 bits per heavy atom. The summed E-state index contributed by atoms with van der Waals surface area (Å²) in [7, 11) is 0. The number of hydrogen-bond acceptors (Lipinski definition) is 5. The van der Waals surface area contributed by atoms with Crippen LogP contribution in [0.1, 0.15) is 31.7 Å². The van der Waals surface area contributed by atoms with Gasteiger partial charge in [0.25, 0.3) is 0 Å². The van der Waals surface area contributed by atoms with Crippen LogP contribution in [0.25, 0.3) is 5.69 Å². The van der Waals surface area contributed by atoms with Gasteiger partial charge in [-0.1, -0.05) is 56.4 Å². The van der Waals surface area contributed by atoms with Crippen molar-refractivity contribution in [3.05, 3.63) is 81.6 Å². The lowest BCUT2D eigenvalue weighted by atomic mass is 10.1. The second kappa shape index (κ2) is 7.93. The van der Waals surface area contributed by atoms with Crippen molar-refractivity contribution in [1.82, 2.24) is 14.5 Å². The zero-order valence-electron chi connectivity index (χ0n) is 15.1. The highest BCUT2D eigenvalue weighted by atomic mass is 16.1. The molecular weight excluding hydrogens is 326 g/mol. The number of anilines is 1. The van der Waals surface area contributed by atoms with Gasteiger partial charge < -0.3 is 0 Å². The van der Waals surface area contributed by atoms with Gasteiger partial charge in [-0.2, -0.15) is 9.97 Å². The van der Waals surface area contributed by atoms with Gasteiger partial charge in [-0.25, -0.2) is 15.2 Å². The van der Waals surface area contributed by atoms with E-state index in [-0.39, 0.29) is 11.6 Å². The van der Waals surface area contributed by atoms with Crippen LogP contribution in [0, 0.1) is 0 Å². The topological polar surface area (TPSA) is 85.8 Å². The minimum atomic E-state index is -0.374. The van der Waals surface area contributed by atoms with Gasteiger partial charge in [0.1, 0.15) is 5.82 Å². The van der Waals surface area contributed by atoms with Crippen molar-refractivity contribution in [2.75, 3.05) is 5.43 Å². The first kappa shape index (κ1) is 17.8. The Kier molecular flexibility index (Phi) is 5.43. The van der Waals surface area contributed by atoms with E-state index in [1.807, 2.05) is 38.1 Å². The Bertz CT molecular complexity index is 933. The summed E-state index contributed by atoms with van der Waals surface area (Å²) in [6.07, 6.45) is 11.3. The highest BCUT2D eigenvalue weighted by Gasteiger charge is 2.12. The zero-order chi connectivity index (χ0) is 18.5. The first-order valence-electron chi connectivity index (χ1n) is 8.79. The average molecular weight is 349 g/mol. The van der Waals surface area contributed by atoms with Crippen molar-refractivity contribution in [1.29, 1.82) is 0 Å². The van der Waals surface area contributed by atoms with Gasteiger partial charge in [0.15, 0.2) is 0 Å². The van der Waals surface area contributed by atoms with Crippen LogP contribution in [0.5, 0.6) is 0 Å². The summed E-state index contributed by atoms with van der Waals surface area (Å²) in [4.78, 5) is 20.2. The first-order chi connectivity index (χ1) is 12.7. The smallest absolute Gasteiger partial charge is 0.292 e. The maximum atomic E-state index is 12.2. The largest absolute Gasteiger partial charge is 0.356 e. The van der Waals surface area contributed by atoms with Crippen LogP contribution in [0.4, 0.5) is 5.95 Å². The van der Waals surface area contributed by atoms with E-state index in [0.29, 0.717) is 12.2 Å². The SMILES string of the molecule is C1=CC2=CC=C1C2.CCc1ccccc1-n1c(CC)nc(NN)nc1=O. The summed E-state index contributed by atoms with van der Waals surface area (Å²) in [5.74, 6) is 6.04. The number of benzene rings is 1. The normalized spacial score (nSPS) is 13.8. The minimum absolute atomic E-state index is 0.145. The summed E-state index contributed by atoms with van der Waals surface area (Å²) >= 11 is 0. The first-order valence-corrected chi connectivity index (χ1v) is 8.79. The number of aromatic nitrogens is 3. The lowest BCUT2D eigenvalue weighted by Crippen LogP contribution is -2.29. The van der Waals surface area contributed by atoms with Crippen molar-refractivity contribution in [3.8, 4) is 5.69 Å². The molecule has 0 saturated heterocycles. The number of nitrogens with two attached hydrogens (primary N) is 1. The Morgan fingerprint density at radius 2 is 1.77 bits per heavy atom. The summed E-state index contributed by atoms with van der Waals surface area (Å²) in [5.41, 5.74) is 6.78. The van der Waals surface area contributed by atoms with Crippen LogP contribution >= 0.6 is 0 Å². The van der Waals surface area contributed by atoms with E-state index in [0.717, 1.165) is 17.7 Å². The van der Waals surface area contributed by atoms with E-state index in [9.17, 15) is 4.79 Å². The number of nitrogen functional groups attached to an aromatic ring is 1. The number of hydrogen-bond donors (Lipinski definition) is 2. The standard InChI is InChI=1S/C13H17N5O.C7H6/c1-3-9-7-5-6-8-10(9)18-11(4-2)15-12(17-14)16-13(18)19;1-2-7-4-3-6(1)5-7/h5-8H,3-4,14H2,1-2H3,(H,16,17,19);1-4H,5H2. The molecule has 6 heteroatoms. The maximum absolute atomic E-state index is 12.2. The molecule has 6 nitrogen and oxygen atoms in total. The highest BCUT2D eigenvalue weighted by molar-refractivity contribution is 5.49. The number of aryl methyl sites for hydroxylation is 2. The second-order valence-corrected chi connectivity index (χ2v) is 6.05. The van der Waals surface area contributed by atoms with Crippen LogP contribution in [0.15, 0.2) is 64.5 Å². The lowest BCUT2D eigenvalue weighted by molar-refractivity contribution is 0.763. The van der Waals surface area contributed by atoms with Gasteiger partial charge in [-0.05, 0) is 35.6 Å². The predicted octanol–water partition coefficient (Wildman–Crippen LogP) is 2.85. The molecule has 26 heavy (non-hydrogen) atoms. The van der Waals surface area contributed by atoms with E-state index in [1.165, 1.54) is 17.6 Å². The molecule has 2 aliphatic rings. The van der Waals surface area contributed by atoms with Crippen LogP contribution in [0.3, 0.4) is 0 Å². The molecule has 134 valence electrons. The fraction of sp³-hybridized carbons (Fsp3) is 0.250. The highest BCUT2D eigenvalue weighted by Crippen LogP contribution is 2.27.